The van der Waals surface area contributed by atoms with Gasteiger partial charge in [-0.05, 0) is 43.4 Å². The Balaban J connectivity index is 2.26. The van der Waals surface area contributed by atoms with E-state index in [2.05, 4.69) is 89.1 Å². The number of benzene rings is 1. The molecule has 1 nitrogen and oxygen atoms in total. The fourth-order valence-electron chi connectivity index (χ4n) is 2.49. The van der Waals surface area contributed by atoms with Crippen molar-refractivity contribution in [1.29, 1.82) is 0 Å². The summed E-state index contributed by atoms with van der Waals surface area (Å²) >= 11 is 0. The van der Waals surface area contributed by atoms with E-state index in [-0.39, 0.29) is 0 Å². The van der Waals surface area contributed by atoms with Gasteiger partial charge >= 0.3 is 0 Å². The molecule has 0 aliphatic carbocycles. The van der Waals surface area contributed by atoms with Crippen LogP contribution in [0.15, 0.2) is 42.1 Å². The maximum atomic E-state index is 6.24. The Morgan fingerprint density at radius 2 is 1.58 bits per heavy atom. The first-order chi connectivity index (χ1) is 11.0. The predicted molar refractivity (Wildman–Crippen MR) is 114 cm³/mol. The minimum absolute atomic E-state index is 0.319. The van der Waals surface area contributed by atoms with E-state index >= 15 is 0 Å². The summed E-state index contributed by atoms with van der Waals surface area (Å²) < 4.78 is 6.24. The highest BCUT2D eigenvalue weighted by atomic mass is 28.4. The summed E-state index contributed by atoms with van der Waals surface area (Å²) in [4.78, 5) is 0. The van der Waals surface area contributed by atoms with Gasteiger partial charge in [0.05, 0.1) is 8.07 Å². The van der Waals surface area contributed by atoms with Gasteiger partial charge in [0.25, 0.3) is 0 Å². The quantitative estimate of drug-likeness (QED) is 0.348. The second kappa shape index (κ2) is 9.16. The first kappa shape index (κ1) is 21.4. The van der Waals surface area contributed by atoms with Crippen LogP contribution in [0, 0.1) is 0 Å². The van der Waals surface area contributed by atoms with E-state index in [9.17, 15) is 0 Å². The van der Waals surface area contributed by atoms with Gasteiger partial charge in [-0.2, -0.15) is 0 Å². The van der Waals surface area contributed by atoms with Crippen molar-refractivity contribution < 1.29 is 4.43 Å². The van der Waals surface area contributed by atoms with Crippen molar-refractivity contribution in [1.82, 2.24) is 0 Å². The molecule has 0 heterocycles. The van der Waals surface area contributed by atoms with Crippen molar-refractivity contribution in [3.8, 4) is 0 Å². The van der Waals surface area contributed by atoms with E-state index in [4.69, 9.17) is 4.43 Å². The Kier molecular flexibility index (Phi) is 8.17. The largest absolute Gasteiger partial charge is 0.417 e. The fraction of sp³-hybridized carbons (Fsp3) is 0.619. The average molecular weight is 363 g/mol. The molecule has 3 heteroatoms. The number of hydrogen-bond acceptors (Lipinski definition) is 1. The third-order valence-electron chi connectivity index (χ3n) is 5.11. The summed E-state index contributed by atoms with van der Waals surface area (Å²) in [5.74, 6) is 0. The summed E-state index contributed by atoms with van der Waals surface area (Å²) in [5, 5.41) is 0.319. The zero-order valence-corrected chi connectivity index (χ0v) is 19.0. The molecule has 0 unspecified atom stereocenters. The van der Waals surface area contributed by atoms with Crippen LogP contribution in [0.3, 0.4) is 0 Å². The van der Waals surface area contributed by atoms with E-state index in [1.165, 1.54) is 30.9 Å². The summed E-state index contributed by atoms with van der Waals surface area (Å²) in [6.07, 6.45) is 6.02. The lowest BCUT2D eigenvalue weighted by molar-refractivity contribution is 0.279. The van der Waals surface area contributed by atoms with Crippen molar-refractivity contribution in [2.75, 3.05) is 6.61 Å². The van der Waals surface area contributed by atoms with Crippen molar-refractivity contribution >= 4 is 16.4 Å². The van der Waals surface area contributed by atoms with Crippen LogP contribution in [0.4, 0.5) is 0 Å². The van der Waals surface area contributed by atoms with Crippen LogP contribution in [0.25, 0.3) is 0 Å². The predicted octanol–water partition coefficient (Wildman–Crippen LogP) is 6.76. The zero-order valence-electron chi connectivity index (χ0n) is 17.0. The summed E-state index contributed by atoms with van der Waals surface area (Å²) in [6.45, 7) is 17.4. The first-order valence-electron chi connectivity index (χ1n) is 9.39. The Morgan fingerprint density at radius 3 is 2.17 bits per heavy atom. The number of unbranched alkanes of at least 4 members (excludes halogenated alkanes) is 2. The molecule has 0 atom stereocenters. The Morgan fingerprint density at radius 1 is 0.958 bits per heavy atom. The second-order valence-electron chi connectivity index (χ2n) is 9.16. The van der Waals surface area contributed by atoms with E-state index in [1.54, 1.807) is 0 Å². The molecule has 0 amide bonds. The van der Waals surface area contributed by atoms with Crippen molar-refractivity contribution in [3.63, 3.8) is 0 Å². The molecule has 0 aliphatic rings. The average Bonchev–Trinajstić information content (AvgIpc) is 2.45. The van der Waals surface area contributed by atoms with Crippen molar-refractivity contribution in [2.45, 2.75) is 77.3 Å². The third kappa shape index (κ3) is 7.95. The van der Waals surface area contributed by atoms with Gasteiger partial charge in [0.15, 0.2) is 8.32 Å². The summed E-state index contributed by atoms with van der Waals surface area (Å²) in [6, 6.07) is 12.1. The first-order valence-corrected chi connectivity index (χ1v) is 15.6. The second-order valence-corrected chi connectivity index (χ2v) is 18.6. The molecule has 0 N–H and O–H groups in total. The maximum absolute atomic E-state index is 6.24. The molecule has 1 aromatic rings. The molecule has 0 saturated heterocycles. The smallest absolute Gasteiger partial charge is 0.191 e. The van der Waals surface area contributed by atoms with Gasteiger partial charge in [-0.25, -0.2) is 0 Å². The highest BCUT2D eigenvalue weighted by Crippen LogP contribution is 2.36. The third-order valence-corrected chi connectivity index (χ3v) is 12.1. The summed E-state index contributed by atoms with van der Waals surface area (Å²) in [7, 11) is -2.83. The van der Waals surface area contributed by atoms with E-state index < -0.39 is 16.4 Å². The Hall–Kier alpha value is -0.646. The normalized spacial score (nSPS) is 13.6. The Labute approximate surface area is 152 Å². The van der Waals surface area contributed by atoms with Crippen LogP contribution in [0.5, 0.6) is 0 Å². The van der Waals surface area contributed by atoms with Gasteiger partial charge in [0.2, 0.25) is 0 Å². The van der Waals surface area contributed by atoms with Gasteiger partial charge < -0.3 is 4.43 Å². The number of hydrogen-bond donors (Lipinski definition) is 0. The van der Waals surface area contributed by atoms with E-state index in [0.717, 1.165) is 6.61 Å². The van der Waals surface area contributed by atoms with Gasteiger partial charge in [-0.1, -0.05) is 81.5 Å². The molecule has 0 aliphatic heterocycles. The molecule has 1 aromatic carbocycles. The molecule has 0 fully saturated rings. The molecule has 0 saturated carbocycles. The van der Waals surface area contributed by atoms with Gasteiger partial charge in [0.1, 0.15) is 0 Å². The van der Waals surface area contributed by atoms with Crippen LogP contribution in [0.2, 0.25) is 31.2 Å². The topological polar surface area (TPSA) is 9.23 Å². The highest BCUT2D eigenvalue weighted by Gasteiger charge is 2.36. The van der Waals surface area contributed by atoms with Crippen LogP contribution < -0.4 is 0 Å². The lowest BCUT2D eigenvalue weighted by Crippen LogP contribution is -2.40. The van der Waals surface area contributed by atoms with E-state index in [0.29, 0.717) is 5.04 Å². The Bertz CT molecular complexity index is 498. The van der Waals surface area contributed by atoms with Gasteiger partial charge in [-0.15, -0.1) is 0 Å². The van der Waals surface area contributed by atoms with Crippen LogP contribution >= 0.6 is 0 Å². The fourth-order valence-corrected chi connectivity index (χ4v) is 5.79. The molecule has 0 aromatic heterocycles. The molecular weight excluding hydrogens is 324 g/mol. The van der Waals surface area contributed by atoms with Crippen molar-refractivity contribution in [2.24, 2.45) is 0 Å². The molecule has 0 bridgehead atoms. The van der Waals surface area contributed by atoms with Crippen LogP contribution in [-0.2, 0) is 10.5 Å². The highest BCUT2D eigenvalue weighted by molar-refractivity contribution is 6.81. The molecule has 0 spiro atoms. The van der Waals surface area contributed by atoms with Crippen molar-refractivity contribution in [3.05, 3.63) is 47.7 Å². The minimum Gasteiger partial charge on any atom is -0.417 e. The molecule has 0 radical (unpaired) electrons. The van der Waals surface area contributed by atoms with Gasteiger partial charge in [-0.3, -0.25) is 0 Å². The van der Waals surface area contributed by atoms with Gasteiger partial charge in [0, 0.05) is 6.61 Å². The molecule has 24 heavy (non-hydrogen) atoms. The van der Waals surface area contributed by atoms with Crippen LogP contribution in [-0.4, -0.2) is 23.0 Å². The lowest BCUT2D eigenvalue weighted by atomic mass is 10.2. The number of allylic oxidation sites excluding steroid dienone is 1. The van der Waals surface area contributed by atoms with Crippen LogP contribution in [0.1, 0.15) is 45.6 Å². The standard InChI is InChI=1S/C21H38OSi2/c1-21(2,3)24(6,7)22-17-13-8-9-14-18-23(4,5)19-20-15-11-10-12-16-20/h10-12,14-16,18H,8-9,13,17,19H2,1-7H3/b18-14-. The zero-order chi connectivity index (χ0) is 18.3. The lowest BCUT2D eigenvalue weighted by Gasteiger charge is -2.36. The maximum Gasteiger partial charge on any atom is 0.191 e. The monoisotopic (exact) mass is 362 g/mol. The molecule has 136 valence electrons. The molecular formula is C21H38OSi2. The SMILES string of the molecule is CC(C)(C)[Si](C)(C)OCCCC/C=C\[Si](C)(C)Cc1ccccc1. The molecule has 1 rings (SSSR count). The minimum atomic E-state index is -1.56. The number of rotatable bonds is 9. The van der Waals surface area contributed by atoms with E-state index in [1.807, 2.05) is 0 Å². The summed E-state index contributed by atoms with van der Waals surface area (Å²) in [5.41, 5.74) is 4.00.